The van der Waals surface area contributed by atoms with Crippen LogP contribution in [0.5, 0.6) is 0 Å². The Kier molecular flexibility index (Phi) is 13.6. The number of ketones is 1. The first-order valence-corrected chi connectivity index (χ1v) is 7.89. The summed E-state index contributed by atoms with van der Waals surface area (Å²) in [7, 11) is 0. The third-order valence-corrected chi connectivity index (χ3v) is 3.08. The number of carbonyl (C=O) groups excluding carboxylic acids is 1. The minimum atomic E-state index is -0.695. The molecule has 0 saturated carbocycles. The average molecular weight is 292 g/mol. The van der Waals surface area contributed by atoms with Gasteiger partial charge in [0, 0.05) is 12.8 Å². The summed E-state index contributed by atoms with van der Waals surface area (Å²) in [5.41, 5.74) is 0. The first-order valence-electron chi connectivity index (χ1n) is 7.89. The number of carboxylic acid groups (broad SMARTS) is 1. The Hall–Kier alpha value is -1.64. The van der Waals surface area contributed by atoms with E-state index in [1.807, 2.05) is 19.1 Å². The molecule has 1 N–H and O–H groups in total. The van der Waals surface area contributed by atoms with E-state index in [9.17, 15) is 9.59 Å². The topological polar surface area (TPSA) is 54.4 Å². The number of unbranched alkanes of at least 4 members (excludes halogenated alkanes) is 5. The van der Waals surface area contributed by atoms with Crippen molar-refractivity contribution in [3.8, 4) is 0 Å². The Morgan fingerprint density at radius 3 is 2.33 bits per heavy atom. The normalized spacial score (nSPS) is 11.9. The van der Waals surface area contributed by atoms with Crippen LogP contribution in [0.15, 0.2) is 36.5 Å². The molecule has 0 aromatic rings. The molecule has 3 heteroatoms. The van der Waals surface area contributed by atoms with Gasteiger partial charge >= 0.3 is 5.97 Å². The number of hydrogen-bond donors (Lipinski definition) is 1. The van der Waals surface area contributed by atoms with Gasteiger partial charge in [0.05, 0.1) is 0 Å². The Balaban J connectivity index is 3.37. The molecular formula is C18H28O3. The number of carbonyl (C=O) groups is 2. The summed E-state index contributed by atoms with van der Waals surface area (Å²) in [6.45, 7) is 1.85. The van der Waals surface area contributed by atoms with Crippen LogP contribution in [0.25, 0.3) is 0 Å². The largest absolute Gasteiger partial charge is 0.481 e. The molecule has 0 rings (SSSR count). The van der Waals surface area contributed by atoms with E-state index in [-0.39, 0.29) is 5.78 Å². The van der Waals surface area contributed by atoms with E-state index in [0.717, 1.165) is 38.5 Å². The zero-order chi connectivity index (χ0) is 15.8. The van der Waals surface area contributed by atoms with Gasteiger partial charge in [0.15, 0.2) is 5.78 Å². The fourth-order valence-corrected chi connectivity index (χ4v) is 1.80. The lowest BCUT2D eigenvalue weighted by molar-refractivity contribution is -0.137. The first-order chi connectivity index (χ1) is 10.2. The monoisotopic (exact) mass is 292 g/mol. The average Bonchev–Trinajstić information content (AvgIpc) is 2.46. The highest BCUT2D eigenvalue weighted by molar-refractivity contribution is 5.89. The molecule has 0 saturated heterocycles. The molecule has 0 fully saturated rings. The Bertz CT molecular complexity index is 365. The van der Waals surface area contributed by atoms with E-state index in [1.54, 1.807) is 12.2 Å². The molecule has 0 unspecified atom stereocenters. The molecule has 0 aliphatic carbocycles. The third-order valence-electron chi connectivity index (χ3n) is 3.08. The quantitative estimate of drug-likeness (QED) is 0.229. The second-order valence-corrected chi connectivity index (χ2v) is 5.01. The molecule has 0 aromatic heterocycles. The lowest BCUT2D eigenvalue weighted by Gasteiger charge is -1.98. The summed E-state index contributed by atoms with van der Waals surface area (Å²) in [6, 6.07) is 0. The molecule has 0 radical (unpaired) electrons. The van der Waals surface area contributed by atoms with Crippen molar-refractivity contribution in [3.63, 3.8) is 0 Å². The van der Waals surface area contributed by atoms with Gasteiger partial charge in [-0.1, -0.05) is 56.6 Å². The zero-order valence-corrected chi connectivity index (χ0v) is 13.1. The van der Waals surface area contributed by atoms with E-state index in [2.05, 4.69) is 12.2 Å². The SMILES string of the molecule is CCC(=O)C=CC=CCC=CCCCCCCCC(=O)O. The minimum absolute atomic E-state index is 0.151. The maximum atomic E-state index is 11.0. The smallest absolute Gasteiger partial charge is 0.303 e. The predicted octanol–water partition coefficient (Wildman–Crippen LogP) is 4.84. The van der Waals surface area contributed by atoms with Crippen LogP contribution in [0.3, 0.4) is 0 Å². The van der Waals surface area contributed by atoms with E-state index in [0.29, 0.717) is 12.8 Å². The van der Waals surface area contributed by atoms with Gasteiger partial charge in [-0.3, -0.25) is 9.59 Å². The number of aliphatic carboxylic acids is 1. The van der Waals surface area contributed by atoms with Crippen molar-refractivity contribution >= 4 is 11.8 Å². The van der Waals surface area contributed by atoms with Crippen LogP contribution < -0.4 is 0 Å². The van der Waals surface area contributed by atoms with Gasteiger partial charge in [0.25, 0.3) is 0 Å². The molecule has 0 bridgehead atoms. The molecule has 0 aliphatic rings. The Labute approximate surface area is 128 Å². The van der Waals surface area contributed by atoms with Gasteiger partial charge in [0.2, 0.25) is 0 Å². The molecule has 0 heterocycles. The Morgan fingerprint density at radius 2 is 1.62 bits per heavy atom. The summed E-state index contributed by atoms with van der Waals surface area (Å²) in [5, 5.41) is 8.49. The van der Waals surface area contributed by atoms with Crippen molar-refractivity contribution in [1.29, 1.82) is 0 Å². The molecule has 118 valence electrons. The molecule has 0 amide bonds. The summed E-state index contributed by atoms with van der Waals surface area (Å²) >= 11 is 0. The second kappa shape index (κ2) is 14.8. The standard InChI is InChI=1S/C18H28O3/c1-2-17(19)15-13-11-9-7-5-3-4-6-8-10-12-14-16-18(20)21/h3,5,9,11,13,15H,2,4,6-8,10,12,14,16H2,1H3,(H,20,21). The number of carboxylic acids is 1. The van der Waals surface area contributed by atoms with Gasteiger partial charge in [-0.25, -0.2) is 0 Å². The highest BCUT2D eigenvalue weighted by Crippen LogP contribution is 2.07. The number of hydrogen-bond acceptors (Lipinski definition) is 2. The highest BCUT2D eigenvalue weighted by Gasteiger charge is 1.95. The van der Waals surface area contributed by atoms with Crippen LogP contribution in [-0.4, -0.2) is 16.9 Å². The van der Waals surface area contributed by atoms with E-state index >= 15 is 0 Å². The fraction of sp³-hybridized carbons (Fsp3) is 0.556. The number of allylic oxidation sites excluding steroid dienone is 6. The van der Waals surface area contributed by atoms with Crippen molar-refractivity contribution in [2.75, 3.05) is 0 Å². The molecule has 0 spiro atoms. The van der Waals surface area contributed by atoms with Crippen molar-refractivity contribution in [2.45, 2.75) is 64.7 Å². The van der Waals surface area contributed by atoms with Crippen molar-refractivity contribution in [3.05, 3.63) is 36.5 Å². The van der Waals surface area contributed by atoms with Crippen LogP contribution >= 0.6 is 0 Å². The van der Waals surface area contributed by atoms with E-state index < -0.39 is 5.97 Å². The number of rotatable bonds is 13. The van der Waals surface area contributed by atoms with Crippen molar-refractivity contribution in [1.82, 2.24) is 0 Å². The van der Waals surface area contributed by atoms with Crippen LogP contribution in [-0.2, 0) is 9.59 Å². The molecule has 0 aromatic carbocycles. The Morgan fingerprint density at radius 1 is 0.905 bits per heavy atom. The lowest BCUT2D eigenvalue weighted by Crippen LogP contribution is -1.93. The first kappa shape index (κ1) is 19.4. The zero-order valence-electron chi connectivity index (χ0n) is 13.1. The summed E-state index contributed by atoms with van der Waals surface area (Å²) in [5.74, 6) is -0.543. The second-order valence-electron chi connectivity index (χ2n) is 5.01. The maximum Gasteiger partial charge on any atom is 0.303 e. The van der Waals surface area contributed by atoms with Gasteiger partial charge < -0.3 is 5.11 Å². The van der Waals surface area contributed by atoms with Gasteiger partial charge in [-0.15, -0.1) is 0 Å². The molecule has 0 atom stereocenters. The van der Waals surface area contributed by atoms with Crippen LogP contribution in [0.4, 0.5) is 0 Å². The molecular weight excluding hydrogens is 264 g/mol. The third kappa shape index (κ3) is 16.3. The van der Waals surface area contributed by atoms with E-state index in [4.69, 9.17) is 5.11 Å². The van der Waals surface area contributed by atoms with E-state index in [1.165, 1.54) is 6.42 Å². The highest BCUT2D eigenvalue weighted by atomic mass is 16.4. The van der Waals surface area contributed by atoms with Gasteiger partial charge in [0.1, 0.15) is 0 Å². The summed E-state index contributed by atoms with van der Waals surface area (Å²) in [6.07, 6.45) is 19.7. The minimum Gasteiger partial charge on any atom is -0.481 e. The van der Waals surface area contributed by atoms with Crippen LogP contribution in [0.2, 0.25) is 0 Å². The fourth-order valence-electron chi connectivity index (χ4n) is 1.80. The summed E-state index contributed by atoms with van der Waals surface area (Å²) in [4.78, 5) is 21.3. The summed E-state index contributed by atoms with van der Waals surface area (Å²) < 4.78 is 0. The maximum absolute atomic E-state index is 11.0. The molecule has 3 nitrogen and oxygen atoms in total. The van der Waals surface area contributed by atoms with Crippen molar-refractivity contribution in [2.24, 2.45) is 0 Å². The van der Waals surface area contributed by atoms with Crippen molar-refractivity contribution < 1.29 is 14.7 Å². The lowest BCUT2D eigenvalue weighted by atomic mass is 10.1. The van der Waals surface area contributed by atoms with Crippen LogP contribution in [0.1, 0.15) is 64.7 Å². The predicted molar refractivity (Wildman–Crippen MR) is 87.3 cm³/mol. The van der Waals surface area contributed by atoms with Gasteiger partial charge in [-0.2, -0.15) is 0 Å². The van der Waals surface area contributed by atoms with Gasteiger partial charge in [-0.05, 0) is 31.8 Å². The molecule has 21 heavy (non-hydrogen) atoms. The molecule has 0 aliphatic heterocycles. The van der Waals surface area contributed by atoms with Crippen LogP contribution in [0, 0.1) is 0 Å².